The van der Waals surface area contributed by atoms with Crippen molar-refractivity contribution < 1.29 is 14.6 Å². The van der Waals surface area contributed by atoms with Crippen molar-refractivity contribution in [1.29, 1.82) is 0 Å². The predicted molar refractivity (Wildman–Crippen MR) is 70.7 cm³/mol. The van der Waals surface area contributed by atoms with Crippen LogP contribution in [0.15, 0.2) is 22.7 Å². The van der Waals surface area contributed by atoms with Crippen LogP contribution in [0.5, 0.6) is 5.75 Å². The molecule has 0 atom stereocenters. The van der Waals surface area contributed by atoms with Crippen LogP contribution in [0.1, 0.15) is 37.0 Å². The molecule has 1 aromatic rings. The largest absolute Gasteiger partial charge is 0.494 e. The summed E-state index contributed by atoms with van der Waals surface area (Å²) in [5, 5.41) is 8.95. The molecule has 0 amide bonds. The molecule has 0 bridgehead atoms. The molecular weight excluding hydrogens is 284 g/mol. The second kappa shape index (κ2) is 6.64. The predicted octanol–water partition coefficient (Wildman–Crippen LogP) is 3.96. The van der Waals surface area contributed by atoms with Gasteiger partial charge in [-0.25, -0.2) is 4.79 Å². The first kappa shape index (κ1) is 14.0. The average molecular weight is 301 g/mol. The fourth-order valence-corrected chi connectivity index (χ4v) is 1.86. The lowest BCUT2D eigenvalue weighted by atomic mass is 10.1. The molecule has 0 aromatic heterocycles. The molecule has 0 aliphatic carbocycles. The molecule has 0 saturated carbocycles. The Morgan fingerprint density at radius 3 is 2.76 bits per heavy atom. The van der Waals surface area contributed by atoms with Gasteiger partial charge < -0.3 is 9.84 Å². The van der Waals surface area contributed by atoms with E-state index in [1.54, 1.807) is 18.2 Å². The van der Waals surface area contributed by atoms with E-state index in [9.17, 15) is 4.79 Å². The van der Waals surface area contributed by atoms with Gasteiger partial charge in [-0.15, -0.1) is 0 Å². The maximum Gasteiger partial charge on any atom is 0.336 e. The second-order valence-electron chi connectivity index (χ2n) is 4.33. The number of halogens is 1. The van der Waals surface area contributed by atoms with Gasteiger partial charge in [0.05, 0.1) is 12.2 Å². The maximum atomic E-state index is 10.9. The standard InChI is InChI=1S/C13H17BrO3/c1-9(2)4-3-7-17-10-5-6-12(14)11(8-10)13(15)16/h5-6,8-9H,3-4,7H2,1-2H3,(H,15,16). The van der Waals surface area contributed by atoms with E-state index in [1.165, 1.54) is 0 Å². The van der Waals surface area contributed by atoms with E-state index in [-0.39, 0.29) is 5.56 Å². The second-order valence-corrected chi connectivity index (χ2v) is 5.19. The molecule has 0 unspecified atom stereocenters. The smallest absolute Gasteiger partial charge is 0.336 e. The van der Waals surface area contributed by atoms with Crippen LogP contribution in [0.4, 0.5) is 0 Å². The monoisotopic (exact) mass is 300 g/mol. The first-order chi connectivity index (χ1) is 8.00. The van der Waals surface area contributed by atoms with Crippen molar-refractivity contribution in [3.63, 3.8) is 0 Å². The van der Waals surface area contributed by atoms with Crippen LogP contribution in [-0.2, 0) is 0 Å². The van der Waals surface area contributed by atoms with Gasteiger partial charge in [-0.2, -0.15) is 0 Å². The SMILES string of the molecule is CC(C)CCCOc1ccc(Br)c(C(=O)O)c1. The minimum atomic E-state index is -0.954. The van der Waals surface area contributed by atoms with Gasteiger partial charge in [0.2, 0.25) is 0 Å². The minimum absolute atomic E-state index is 0.228. The van der Waals surface area contributed by atoms with Crippen LogP contribution in [0, 0.1) is 5.92 Å². The summed E-state index contributed by atoms with van der Waals surface area (Å²) < 4.78 is 6.09. The summed E-state index contributed by atoms with van der Waals surface area (Å²) in [6.07, 6.45) is 2.10. The van der Waals surface area contributed by atoms with Crippen molar-refractivity contribution in [3.05, 3.63) is 28.2 Å². The lowest BCUT2D eigenvalue weighted by molar-refractivity contribution is 0.0695. The first-order valence-electron chi connectivity index (χ1n) is 5.66. The molecule has 3 nitrogen and oxygen atoms in total. The third-order valence-corrected chi connectivity index (χ3v) is 3.05. The van der Waals surface area contributed by atoms with E-state index in [4.69, 9.17) is 9.84 Å². The summed E-state index contributed by atoms with van der Waals surface area (Å²) in [4.78, 5) is 10.9. The van der Waals surface area contributed by atoms with Crippen molar-refractivity contribution in [1.82, 2.24) is 0 Å². The minimum Gasteiger partial charge on any atom is -0.494 e. The summed E-state index contributed by atoms with van der Waals surface area (Å²) in [7, 11) is 0. The van der Waals surface area contributed by atoms with E-state index < -0.39 is 5.97 Å². The molecule has 0 heterocycles. The van der Waals surface area contributed by atoms with Crippen molar-refractivity contribution in [2.24, 2.45) is 5.92 Å². The van der Waals surface area contributed by atoms with E-state index in [2.05, 4.69) is 29.8 Å². The number of aromatic carboxylic acids is 1. The number of carboxylic acids is 1. The van der Waals surface area contributed by atoms with E-state index in [0.717, 1.165) is 12.8 Å². The quantitative estimate of drug-likeness (QED) is 0.809. The zero-order valence-corrected chi connectivity index (χ0v) is 11.7. The van der Waals surface area contributed by atoms with Gasteiger partial charge in [0.15, 0.2) is 0 Å². The third-order valence-electron chi connectivity index (χ3n) is 2.36. The van der Waals surface area contributed by atoms with Crippen LogP contribution in [-0.4, -0.2) is 17.7 Å². The number of carboxylic acid groups (broad SMARTS) is 1. The van der Waals surface area contributed by atoms with Gasteiger partial charge >= 0.3 is 5.97 Å². The molecule has 0 aliphatic rings. The third kappa shape index (κ3) is 4.77. The molecule has 0 saturated heterocycles. The summed E-state index contributed by atoms with van der Waals surface area (Å²) in [6, 6.07) is 5.01. The Bertz CT molecular complexity index is 388. The summed E-state index contributed by atoms with van der Waals surface area (Å²) in [6.45, 7) is 4.96. The van der Waals surface area contributed by atoms with E-state index in [1.807, 2.05) is 0 Å². The Hall–Kier alpha value is -1.03. The molecule has 0 spiro atoms. The summed E-state index contributed by atoms with van der Waals surface area (Å²) >= 11 is 3.20. The Morgan fingerprint density at radius 2 is 2.18 bits per heavy atom. The van der Waals surface area contributed by atoms with Crippen LogP contribution in [0.3, 0.4) is 0 Å². The van der Waals surface area contributed by atoms with Crippen molar-refractivity contribution >= 4 is 21.9 Å². The highest BCUT2D eigenvalue weighted by Gasteiger charge is 2.09. The van der Waals surface area contributed by atoms with Crippen molar-refractivity contribution in [3.8, 4) is 5.75 Å². The molecular formula is C13H17BrO3. The van der Waals surface area contributed by atoms with E-state index >= 15 is 0 Å². The van der Waals surface area contributed by atoms with Gasteiger partial charge in [-0.3, -0.25) is 0 Å². The molecule has 0 fully saturated rings. The molecule has 17 heavy (non-hydrogen) atoms. The number of carbonyl (C=O) groups is 1. The highest BCUT2D eigenvalue weighted by atomic mass is 79.9. The topological polar surface area (TPSA) is 46.5 Å². The average Bonchev–Trinajstić information content (AvgIpc) is 2.25. The van der Waals surface area contributed by atoms with E-state index in [0.29, 0.717) is 22.7 Å². The summed E-state index contributed by atoms with van der Waals surface area (Å²) in [5.74, 6) is 0.317. The molecule has 0 aliphatic heterocycles. The zero-order valence-electron chi connectivity index (χ0n) is 10.1. The first-order valence-corrected chi connectivity index (χ1v) is 6.45. The van der Waals surface area contributed by atoms with Gasteiger partial charge in [0.1, 0.15) is 5.75 Å². The Kier molecular flexibility index (Phi) is 5.48. The highest BCUT2D eigenvalue weighted by molar-refractivity contribution is 9.10. The highest BCUT2D eigenvalue weighted by Crippen LogP contribution is 2.22. The fourth-order valence-electron chi connectivity index (χ4n) is 1.44. The Balaban J connectivity index is 2.54. The normalized spacial score (nSPS) is 10.6. The van der Waals surface area contributed by atoms with Crippen LogP contribution in [0.2, 0.25) is 0 Å². The van der Waals surface area contributed by atoms with Gasteiger partial charge in [0, 0.05) is 4.47 Å². The molecule has 4 heteroatoms. The van der Waals surface area contributed by atoms with Crippen LogP contribution < -0.4 is 4.74 Å². The van der Waals surface area contributed by atoms with Gasteiger partial charge in [0.25, 0.3) is 0 Å². The molecule has 94 valence electrons. The lowest BCUT2D eigenvalue weighted by Gasteiger charge is -2.09. The number of ether oxygens (including phenoxy) is 1. The fraction of sp³-hybridized carbons (Fsp3) is 0.462. The Labute approximate surface area is 110 Å². The molecule has 1 N–H and O–H groups in total. The number of hydrogen-bond acceptors (Lipinski definition) is 2. The maximum absolute atomic E-state index is 10.9. The Morgan fingerprint density at radius 1 is 1.47 bits per heavy atom. The van der Waals surface area contributed by atoms with Crippen LogP contribution >= 0.6 is 15.9 Å². The van der Waals surface area contributed by atoms with Crippen molar-refractivity contribution in [2.45, 2.75) is 26.7 Å². The van der Waals surface area contributed by atoms with Crippen molar-refractivity contribution in [2.75, 3.05) is 6.61 Å². The molecule has 1 aromatic carbocycles. The van der Waals surface area contributed by atoms with Gasteiger partial charge in [-0.05, 0) is 52.9 Å². The zero-order chi connectivity index (χ0) is 12.8. The number of hydrogen-bond donors (Lipinski definition) is 1. The molecule has 0 radical (unpaired) electrons. The van der Waals surface area contributed by atoms with Crippen LogP contribution in [0.25, 0.3) is 0 Å². The summed E-state index contributed by atoms with van der Waals surface area (Å²) in [5.41, 5.74) is 0.228. The lowest BCUT2D eigenvalue weighted by Crippen LogP contribution is -2.02. The molecule has 1 rings (SSSR count). The number of benzene rings is 1. The van der Waals surface area contributed by atoms with Gasteiger partial charge in [-0.1, -0.05) is 13.8 Å². The number of rotatable bonds is 6.